The van der Waals surface area contributed by atoms with E-state index in [0.29, 0.717) is 28.3 Å². The molecule has 0 aliphatic carbocycles. The summed E-state index contributed by atoms with van der Waals surface area (Å²) in [7, 11) is 4.16. The van der Waals surface area contributed by atoms with Gasteiger partial charge in [0.15, 0.2) is 11.5 Å². The van der Waals surface area contributed by atoms with Gasteiger partial charge in [-0.2, -0.15) is 5.10 Å². The van der Waals surface area contributed by atoms with E-state index in [2.05, 4.69) is 70.5 Å². The fourth-order valence-corrected chi connectivity index (χ4v) is 4.54. The lowest BCUT2D eigenvalue weighted by Gasteiger charge is -2.10. The first-order valence-corrected chi connectivity index (χ1v) is 13.0. The number of nitrogens with zero attached hydrogens (tertiary/aromatic N) is 4. The van der Waals surface area contributed by atoms with Crippen LogP contribution in [0.4, 0.5) is 4.39 Å². The van der Waals surface area contributed by atoms with Crippen molar-refractivity contribution in [3.63, 3.8) is 0 Å². The molecule has 4 rings (SSSR count). The standard InChI is InChI=1S/C32H35FN6/c1-7-13-26(25-15-10-11-16-28(25)33)29-21(4)35-32(36-29)30-27-19-24(20-34-31(27)38-37-30)23(9-3)18-22(8-2)14-12-17-39(5)6/h7-11,13,15-16,18-20H,1-2,12,14,17H2,3-6H3,(H,35,36)(H,34,37,38)/b22-18+,23-9+,26-13-. The summed E-state index contributed by atoms with van der Waals surface area (Å²) < 4.78 is 14.7. The molecule has 0 aliphatic heterocycles. The minimum absolute atomic E-state index is 0.317. The van der Waals surface area contributed by atoms with E-state index in [1.165, 1.54) is 11.6 Å². The Kier molecular flexibility index (Phi) is 8.84. The van der Waals surface area contributed by atoms with E-state index in [9.17, 15) is 4.39 Å². The number of fused-ring (bicyclic) bond motifs is 1. The Morgan fingerprint density at radius 1 is 1.18 bits per heavy atom. The molecule has 39 heavy (non-hydrogen) atoms. The molecule has 0 atom stereocenters. The normalized spacial score (nSPS) is 12.9. The lowest BCUT2D eigenvalue weighted by molar-refractivity contribution is 0.400. The number of aromatic nitrogens is 5. The molecule has 0 amide bonds. The maximum atomic E-state index is 14.7. The molecule has 0 spiro atoms. The zero-order chi connectivity index (χ0) is 27.9. The quantitative estimate of drug-likeness (QED) is 0.203. The van der Waals surface area contributed by atoms with E-state index in [1.54, 1.807) is 30.4 Å². The molecule has 0 bridgehead atoms. The number of pyridine rings is 1. The zero-order valence-electron chi connectivity index (χ0n) is 23.1. The van der Waals surface area contributed by atoms with Crippen LogP contribution in [-0.2, 0) is 0 Å². The Morgan fingerprint density at radius 3 is 2.67 bits per heavy atom. The number of H-pyrrole nitrogens is 2. The second-order valence-electron chi connectivity index (χ2n) is 9.62. The molecule has 0 saturated carbocycles. The van der Waals surface area contributed by atoms with Crippen LogP contribution >= 0.6 is 0 Å². The Balaban J connectivity index is 1.72. The van der Waals surface area contributed by atoms with E-state index in [-0.39, 0.29) is 5.82 Å². The van der Waals surface area contributed by atoms with Crippen molar-refractivity contribution in [3.05, 3.63) is 114 Å². The van der Waals surface area contributed by atoms with Gasteiger partial charge in [0.25, 0.3) is 0 Å². The lowest BCUT2D eigenvalue weighted by atomic mass is 10.0. The van der Waals surface area contributed by atoms with Crippen molar-refractivity contribution in [1.82, 2.24) is 30.0 Å². The minimum Gasteiger partial charge on any atom is -0.340 e. The Bertz CT molecular complexity index is 1580. The molecule has 200 valence electrons. The van der Waals surface area contributed by atoms with Gasteiger partial charge in [-0.1, -0.05) is 61.7 Å². The van der Waals surface area contributed by atoms with Gasteiger partial charge in [-0.05, 0) is 70.6 Å². The minimum atomic E-state index is -0.317. The number of rotatable bonds is 11. The van der Waals surface area contributed by atoms with Crippen LogP contribution in [-0.4, -0.2) is 50.7 Å². The first kappa shape index (κ1) is 27.7. The van der Waals surface area contributed by atoms with E-state index in [0.717, 1.165) is 47.3 Å². The van der Waals surface area contributed by atoms with Crippen LogP contribution < -0.4 is 0 Å². The number of halogens is 1. The molecular formula is C32H35FN6. The van der Waals surface area contributed by atoms with Crippen LogP contribution in [0.15, 0.2) is 85.6 Å². The number of imidazole rings is 1. The van der Waals surface area contributed by atoms with Crippen molar-refractivity contribution in [2.45, 2.75) is 26.7 Å². The van der Waals surface area contributed by atoms with Crippen molar-refractivity contribution >= 4 is 22.2 Å². The van der Waals surface area contributed by atoms with Gasteiger partial charge in [0, 0.05) is 28.6 Å². The molecule has 3 heterocycles. The topological polar surface area (TPSA) is 73.5 Å². The van der Waals surface area contributed by atoms with Crippen molar-refractivity contribution < 1.29 is 4.39 Å². The van der Waals surface area contributed by atoms with E-state index in [4.69, 9.17) is 4.98 Å². The molecule has 6 nitrogen and oxygen atoms in total. The Labute approximate surface area is 229 Å². The van der Waals surface area contributed by atoms with E-state index < -0.39 is 0 Å². The van der Waals surface area contributed by atoms with Crippen molar-refractivity contribution in [3.8, 4) is 11.5 Å². The summed E-state index contributed by atoms with van der Waals surface area (Å²) in [6.45, 7) is 12.8. The molecule has 3 aromatic heterocycles. The molecule has 0 fully saturated rings. The molecule has 1 aromatic carbocycles. The number of benzene rings is 1. The number of hydrogen-bond acceptors (Lipinski definition) is 4. The number of hydrogen-bond donors (Lipinski definition) is 2. The highest BCUT2D eigenvalue weighted by molar-refractivity contribution is 5.92. The average molecular weight is 523 g/mol. The van der Waals surface area contributed by atoms with Crippen LogP contribution in [0.5, 0.6) is 0 Å². The van der Waals surface area contributed by atoms with Crippen molar-refractivity contribution in [2.75, 3.05) is 20.6 Å². The highest BCUT2D eigenvalue weighted by atomic mass is 19.1. The predicted octanol–water partition coefficient (Wildman–Crippen LogP) is 7.27. The largest absolute Gasteiger partial charge is 0.340 e. The van der Waals surface area contributed by atoms with Crippen molar-refractivity contribution in [1.29, 1.82) is 0 Å². The predicted molar refractivity (Wildman–Crippen MR) is 160 cm³/mol. The van der Waals surface area contributed by atoms with Gasteiger partial charge in [-0.3, -0.25) is 5.10 Å². The third-order valence-electron chi connectivity index (χ3n) is 6.55. The van der Waals surface area contributed by atoms with Crippen LogP contribution in [0.25, 0.3) is 33.7 Å². The highest BCUT2D eigenvalue weighted by Gasteiger charge is 2.19. The van der Waals surface area contributed by atoms with E-state index >= 15 is 0 Å². The fraction of sp³-hybridized carbons (Fsp3) is 0.219. The summed E-state index contributed by atoms with van der Waals surface area (Å²) in [5.41, 5.74) is 7.09. The third-order valence-corrected chi connectivity index (χ3v) is 6.55. The molecule has 0 aliphatic rings. The van der Waals surface area contributed by atoms with Gasteiger partial charge >= 0.3 is 0 Å². The summed E-state index contributed by atoms with van der Waals surface area (Å²) in [5.74, 6) is 0.284. The van der Waals surface area contributed by atoms with Gasteiger partial charge in [0.2, 0.25) is 0 Å². The van der Waals surface area contributed by atoms with Crippen molar-refractivity contribution in [2.24, 2.45) is 0 Å². The monoisotopic (exact) mass is 522 g/mol. The smallest absolute Gasteiger partial charge is 0.181 e. The van der Waals surface area contributed by atoms with Gasteiger partial charge in [0.05, 0.1) is 11.1 Å². The molecule has 0 unspecified atom stereocenters. The molecular weight excluding hydrogens is 487 g/mol. The molecule has 2 N–H and O–H groups in total. The summed E-state index contributed by atoms with van der Waals surface area (Å²) >= 11 is 0. The van der Waals surface area contributed by atoms with Crippen LogP contribution in [0.1, 0.15) is 42.3 Å². The number of allylic oxidation sites excluding steroid dienone is 7. The zero-order valence-corrected chi connectivity index (χ0v) is 23.1. The maximum Gasteiger partial charge on any atom is 0.181 e. The Hall–Kier alpha value is -4.36. The summed E-state index contributed by atoms with van der Waals surface area (Å²) in [5, 5.41) is 8.34. The summed E-state index contributed by atoms with van der Waals surface area (Å²) in [4.78, 5) is 15.0. The molecule has 0 radical (unpaired) electrons. The fourth-order valence-electron chi connectivity index (χ4n) is 4.54. The molecule has 7 heteroatoms. The first-order valence-electron chi connectivity index (χ1n) is 13.0. The second-order valence-corrected chi connectivity index (χ2v) is 9.62. The number of aryl methyl sites for hydroxylation is 1. The average Bonchev–Trinajstić information content (AvgIpc) is 3.52. The van der Waals surface area contributed by atoms with Gasteiger partial charge < -0.3 is 9.88 Å². The summed E-state index contributed by atoms with van der Waals surface area (Å²) in [6.07, 6.45) is 13.4. The van der Waals surface area contributed by atoms with E-state index in [1.807, 2.05) is 26.1 Å². The van der Waals surface area contributed by atoms with Gasteiger partial charge in [-0.25, -0.2) is 14.4 Å². The number of aromatic amines is 2. The third kappa shape index (κ3) is 6.21. The van der Waals surface area contributed by atoms with Crippen LogP contribution in [0.3, 0.4) is 0 Å². The maximum absolute atomic E-state index is 14.7. The molecule has 0 saturated heterocycles. The van der Waals surface area contributed by atoms with Gasteiger partial charge in [0.1, 0.15) is 11.5 Å². The summed E-state index contributed by atoms with van der Waals surface area (Å²) in [6, 6.07) is 8.73. The van der Waals surface area contributed by atoms with Crippen LogP contribution in [0.2, 0.25) is 0 Å². The second kappa shape index (κ2) is 12.5. The van der Waals surface area contributed by atoms with Gasteiger partial charge in [-0.15, -0.1) is 0 Å². The number of nitrogens with one attached hydrogen (secondary N) is 2. The molecule has 4 aromatic rings. The first-order chi connectivity index (χ1) is 18.9. The highest BCUT2D eigenvalue weighted by Crippen LogP contribution is 2.32. The lowest BCUT2D eigenvalue weighted by Crippen LogP contribution is -2.12. The SMILES string of the molecule is C=C/C=C(/c1ccccc1F)c1nc(-c2[nH]nc3ncc(C(/C=C(\C=C)CCCN(C)C)=C/C)cc23)[nH]c1C. The van der Waals surface area contributed by atoms with Crippen LogP contribution in [0, 0.1) is 12.7 Å². The Morgan fingerprint density at radius 2 is 1.97 bits per heavy atom.